The van der Waals surface area contributed by atoms with Gasteiger partial charge >= 0.3 is 0 Å². The van der Waals surface area contributed by atoms with Gasteiger partial charge in [-0.05, 0) is 24.1 Å². The molecule has 0 saturated carbocycles. The fourth-order valence-corrected chi connectivity index (χ4v) is 1.77. The molecule has 0 radical (unpaired) electrons. The van der Waals surface area contributed by atoms with Crippen LogP contribution in [0.4, 0.5) is 13.2 Å². The number of nitrogens with one attached hydrogen (secondary N) is 1. The highest BCUT2D eigenvalue weighted by Crippen LogP contribution is 2.27. The van der Waals surface area contributed by atoms with Gasteiger partial charge in [-0.3, -0.25) is 4.79 Å². The topological polar surface area (TPSA) is 29.1 Å². The quantitative estimate of drug-likeness (QED) is 0.828. The first-order valence-corrected chi connectivity index (χ1v) is 4.96. The second-order valence-electron chi connectivity index (χ2n) is 3.79. The minimum Gasteiger partial charge on any atom is -0.350 e. The van der Waals surface area contributed by atoms with Gasteiger partial charge < -0.3 is 5.32 Å². The molecule has 0 aliphatic carbocycles. The summed E-state index contributed by atoms with van der Waals surface area (Å²) in [4.78, 5) is 10.9. The molecule has 1 heterocycles. The lowest BCUT2D eigenvalue weighted by Gasteiger charge is -2.15. The van der Waals surface area contributed by atoms with Gasteiger partial charge in [0.15, 0.2) is 11.6 Å². The van der Waals surface area contributed by atoms with E-state index in [9.17, 15) is 18.0 Å². The number of carbonyl (C=O) groups is 1. The Morgan fingerprint density at radius 2 is 2.06 bits per heavy atom. The van der Waals surface area contributed by atoms with Crippen LogP contribution in [0.1, 0.15) is 24.6 Å². The molecular weight excluding hydrogens is 219 g/mol. The highest BCUT2D eigenvalue weighted by Gasteiger charge is 2.30. The van der Waals surface area contributed by atoms with Gasteiger partial charge in [-0.1, -0.05) is 6.07 Å². The van der Waals surface area contributed by atoms with Crippen molar-refractivity contribution in [3.8, 4) is 0 Å². The minimum atomic E-state index is -1.50. The molecule has 1 aliphatic rings. The summed E-state index contributed by atoms with van der Waals surface area (Å²) in [6.07, 6.45) is -0.852. The molecule has 1 N–H and O–H groups in total. The summed E-state index contributed by atoms with van der Waals surface area (Å²) < 4.78 is 39.3. The third-order valence-electron chi connectivity index (χ3n) is 2.64. The van der Waals surface area contributed by atoms with E-state index in [0.717, 1.165) is 12.1 Å². The molecule has 1 saturated heterocycles. The van der Waals surface area contributed by atoms with Crippen molar-refractivity contribution in [2.75, 3.05) is 0 Å². The van der Waals surface area contributed by atoms with Crippen LogP contribution >= 0.6 is 0 Å². The van der Waals surface area contributed by atoms with Crippen LogP contribution in [0, 0.1) is 11.6 Å². The van der Waals surface area contributed by atoms with Gasteiger partial charge in [-0.2, -0.15) is 0 Å². The second kappa shape index (κ2) is 4.15. The van der Waals surface area contributed by atoms with E-state index in [2.05, 4.69) is 5.32 Å². The lowest BCUT2D eigenvalue weighted by molar-refractivity contribution is -0.119. The molecule has 2 nitrogen and oxygen atoms in total. The van der Waals surface area contributed by atoms with E-state index in [1.54, 1.807) is 0 Å². The minimum absolute atomic E-state index is 0.0473. The monoisotopic (exact) mass is 229 g/mol. The normalized spacial score (nSPS) is 21.9. The van der Waals surface area contributed by atoms with Crippen LogP contribution in [0.25, 0.3) is 0 Å². The van der Waals surface area contributed by atoms with E-state index in [1.165, 1.54) is 6.07 Å². The van der Waals surface area contributed by atoms with Gasteiger partial charge in [0.25, 0.3) is 0 Å². The lowest BCUT2D eigenvalue weighted by atomic mass is 10.0. The van der Waals surface area contributed by atoms with Gasteiger partial charge in [0.2, 0.25) is 5.91 Å². The third kappa shape index (κ3) is 2.03. The summed E-state index contributed by atoms with van der Waals surface area (Å²) >= 11 is 0. The maximum Gasteiger partial charge on any atom is 0.220 e. The molecule has 2 rings (SSSR count). The Balaban J connectivity index is 2.17. The molecule has 0 spiro atoms. The predicted octanol–water partition coefficient (Wildman–Crippen LogP) is 2.25. The van der Waals surface area contributed by atoms with E-state index >= 15 is 0 Å². The second-order valence-corrected chi connectivity index (χ2v) is 3.79. The Morgan fingerprint density at radius 1 is 1.31 bits per heavy atom. The molecule has 1 fully saturated rings. The van der Waals surface area contributed by atoms with Crippen molar-refractivity contribution in [1.82, 2.24) is 5.32 Å². The van der Waals surface area contributed by atoms with Crippen LogP contribution in [-0.2, 0) is 4.79 Å². The van der Waals surface area contributed by atoms with E-state index in [4.69, 9.17) is 0 Å². The molecule has 0 bridgehead atoms. The highest BCUT2D eigenvalue weighted by atomic mass is 19.2. The molecule has 1 aromatic carbocycles. The molecule has 2 atom stereocenters. The summed E-state index contributed by atoms with van der Waals surface area (Å²) in [5.74, 6) is -2.30. The zero-order valence-corrected chi connectivity index (χ0v) is 8.34. The summed E-state index contributed by atoms with van der Waals surface area (Å²) in [5, 5.41) is 2.46. The number of alkyl halides is 1. The summed E-state index contributed by atoms with van der Waals surface area (Å²) in [7, 11) is 0. The first kappa shape index (κ1) is 11.0. The van der Waals surface area contributed by atoms with Gasteiger partial charge in [-0.25, -0.2) is 13.2 Å². The molecule has 5 heteroatoms. The Kier molecular flexibility index (Phi) is 2.85. The summed E-state index contributed by atoms with van der Waals surface area (Å²) in [5.41, 5.74) is 0.0473. The van der Waals surface area contributed by atoms with Crippen molar-refractivity contribution in [2.24, 2.45) is 0 Å². The highest BCUT2D eigenvalue weighted by molar-refractivity contribution is 5.78. The summed E-state index contributed by atoms with van der Waals surface area (Å²) in [6.45, 7) is 0. The van der Waals surface area contributed by atoms with Crippen LogP contribution in [-0.4, -0.2) is 11.9 Å². The van der Waals surface area contributed by atoms with Crippen molar-refractivity contribution in [3.63, 3.8) is 0 Å². The first-order valence-electron chi connectivity index (χ1n) is 4.96. The first-order chi connectivity index (χ1) is 7.58. The fraction of sp³-hybridized carbons (Fsp3) is 0.364. The van der Waals surface area contributed by atoms with Crippen molar-refractivity contribution in [2.45, 2.75) is 25.1 Å². The number of amides is 1. The average molecular weight is 229 g/mol. The maximum absolute atomic E-state index is 13.8. The zero-order chi connectivity index (χ0) is 11.7. The molecular formula is C11H10F3NO. The lowest BCUT2D eigenvalue weighted by Crippen LogP contribution is -2.29. The van der Waals surface area contributed by atoms with Gasteiger partial charge in [0.05, 0.1) is 6.04 Å². The number of carbonyl (C=O) groups excluding carboxylic acids is 1. The smallest absolute Gasteiger partial charge is 0.220 e. The number of hydrogen-bond donors (Lipinski definition) is 1. The van der Waals surface area contributed by atoms with Crippen LogP contribution < -0.4 is 5.32 Å². The van der Waals surface area contributed by atoms with E-state index in [1.807, 2.05) is 0 Å². The number of rotatable bonds is 2. The van der Waals surface area contributed by atoms with Gasteiger partial charge in [-0.15, -0.1) is 0 Å². The largest absolute Gasteiger partial charge is 0.350 e. The Bertz CT molecular complexity index is 422. The molecule has 1 amide bonds. The molecule has 1 aromatic rings. The number of benzene rings is 1. The SMILES string of the molecule is O=C1CC[C@@H](C(F)c2ccc(F)c(F)c2)N1. The van der Waals surface area contributed by atoms with Crippen LogP contribution in [0.15, 0.2) is 18.2 Å². The standard InChI is InChI=1S/C11H10F3NO/c12-7-2-1-6(5-8(7)13)11(14)9-3-4-10(16)15-9/h1-2,5,9,11H,3-4H2,(H,15,16)/t9-,11?/m0/s1. The average Bonchev–Trinajstić information content (AvgIpc) is 2.68. The fourth-order valence-electron chi connectivity index (χ4n) is 1.77. The Hall–Kier alpha value is -1.52. The van der Waals surface area contributed by atoms with Crippen molar-refractivity contribution in [3.05, 3.63) is 35.4 Å². The Labute approximate surface area is 90.5 Å². The zero-order valence-electron chi connectivity index (χ0n) is 8.34. The van der Waals surface area contributed by atoms with Crippen LogP contribution in [0.5, 0.6) is 0 Å². The molecule has 1 aliphatic heterocycles. The van der Waals surface area contributed by atoms with Crippen molar-refractivity contribution >= 4 is 5.91 Å². The van der Waals surface area contributed by atoms with Crippen LogP contribution in [0.2, 0.25) is 0 Å². The summed E-state index contributed by atoms with van der Waals surface area (Å²) in [6, 6.07) is 2.25. The molecule has 16 heavy (non-hydrogen) atoms. The third-order valence-corrected chi connectivity index (χ3v) is 2.64. The molecule has 86 valence electrons. The molecule has 1 unspecified atom stereocenters. The van der Waals surface area contributed by atoms with E-state index in [-0.39, 0.29) is 17.9 Å². The van der Waals surface area contributed by atoms with E-state index < -0.39 is 23.8 Å². The molecule has 0 aromatic heterocycles. The number of hydrogen-bond acceptors (Lipinski definition) is 1. The number of halogens is 3. The Morgan fingerprint density at radius 3 is 2.62 bits per heavy atom. The van der Waals surface area contributed by atoms with Crippen LogP contribution in [0.3, 0.4) is 0 Å². The predicted molar refractivity (Wildman–Crippen MR) is 51.4 cm³/mol. The maximum atomic E-state index is 13.8. The van der Waals surface area contributed by atoms with Crippen molar-refractivity contribution in [1.29, 1.82) is 0 Å². The van der Waals surface area contributed by atoms with E-state index in [0.29, 0.717) is 6.42 Å². The van der Waals surface area contributed by atoms with Crippen molar-refractivity contribution < 1.29 is 18.0 Å². The van der Waals surface area contributed by atoms with Gasteiger partial charge in [0, 0.05) is 6.42 Å². The van der Waals surface area contributed by atoms with Gasteiger partial charge in [0.1, 0.15) is 6.17 Å².